The second-order valence-corrected chi connectivity index (χ2v) is 6.46. The summed E-state index contributed by atoms with van der Waals surface area (Å²) in [5, 5.41) is 25.2. The molecule has 0 amide bonds. The van der Waals surface area contributed by atoms with Gasteiger partial charge in [-0.3, -0.25) is 0 Å². The summed E-state index contributed by atoms with van der Waals surface area (Å²) in [5.74, 6) is 0.181. The molecule has 2 atom stereocenters. The molecule has 23 heavy (non-hydrogen) atoms. The van der Waals surface area contributed by atoms with Crippen molar-refractivity contribution >= 4 is 23.5 Å². The second kappa shape index (κ2) is 5.78. The van der Waals surface area contributed by atoms with E-state index >= 15 is 0 Å². The van der Waals surface area contributed by atoms with Crippen molar-refractivity contribution in [3.63, 3.8) is 0 Å². The minimum absolute atomic E-state index is 0.0559. The van der Waals surface area contributed by atoms with E-state index in [0.29, 0.717) is 5.46 Å². The standard InChI is InChI=1S/C17H21BN2O3/c1-2-11-6-7-12-9-14-13(17(16(11)12)18(21)22)10-19-20(14)15-5-3-4-8-23-15/h2,9-11,15,21-22H,1,3-8H2. The molecule has 0 radical (unpaired) electrons. The van der Waals surface area contributed by atoms with Crippen molar-refractivity contribution in [3.8, 4) is 0 Å². The molecule has 120 valence electrons. The van der Waals surface area contributed by atoms with Crippen molar-refractivity contribution in [2.75, 3.05) is 6.61 Å². The van der Waals surface area contributed by atoms with Gasteiger partial charge in [0.25, 0.3) is 0 Å². The van der Waals surface area contributed by atoms with Crippen LogP contribution in [0.4, 0.5) is 0 Å². The van der Waals surface area contributed by atoms with E-state index in [2.05, 4.69) is 17.7 Å². The number of aryl methyl sites for hydroxylation is 1. The summed E-state index contributed by atoms with van der Waals surface area (Å²) in [7, 11) is -1.50. The van der Waals surface area contributed by atoms with Crippen LogP contribution in [0.25, 0.3) is 10.9 Å². The summed E-state index contributed by atoms with van der Waals surface area (Å²) in [4.78, 5) is 0. The van der Waals surface area contributed by atoms with Crippen LogP contribution in [0.3, 0.4) is 0 Å². The molecule has 6 heteroatoms. The van der Waals surface area contributed by atoms with Gasteiger partial charge in [-0.15, -0.1) is 6.58 Å². The summed E-state index contributed by atoms with van der Waals surface area (Å²) < 4.78 is 7.76. The van der Waals surface area contributed by atoms with Crippen LogP contribution < -0.4 is 5.46 Å². The van der Waals surface area contributed by atoms with Crippen LogP contribution >= 0.6 is 0 Å². The average molecular weight is 312 g/mol. The van der Waals surface area contributed by atoms with Crippen molar-refractivity contribution in [2.45, 2.75) is 44.2 Å². The van der Waals surface area contributed by atoms with Crippen LogP contribution in [0.5, 0.6) is 0 Å². The lowest BCUT2D eigenvalue weighted by molar-refractivity contribution is -0.0366. The van der Waals surface area contributed by atoms with Gasteiger partial charge < -0.3 is 14.8 Å². The van der Waals surface area contributed by atoms with Crippen LogP contribution in [-0.2, 0) is 11.2 Å². The van der Waals surface area contributed by atoms with E-state index in [0.717, 1.165) is 55.2 Å². The lowest BCUT2D eigenvalue weighted by atomic mass is 9.72. The van der Waals surface area contributed by atoms with E-state index < -0.39 is 7.12 Å². The van der Waals surface area contributed by atoms with Crippen LogP contribution in [0.1, 0.15) is 49.0 Å². The number of hydrogen-bond acceptors (Lipinski definition) is 4. The first-order valence-electron chi connectivity index (χ1n) is 8.34. The van der Waals surface area contributed by atoms with E-state index in [1.54, 1.807) is 6.20 Å². The molecule has 0 bridgehead atoms. The Kier molecular flexibility index (Phi) is 3.75. The highest BCUT2D eigenvalue weighted by molar-refractivity contribution is 6.62. The fourth-order valence-electron chi connectivity index (χ4n) is 4.04. The van der Waals surface area contributed by atoms with Crippen LogP contribution in [0.15, 0.2) is 24.9 Å². The van der Waals surface area contributed by atoms with Crippen molar-refractivity contribution in [1.82, 2.24) is 9.78 Å². The lowest BCUT2D eigenvalue weighted by Crippen LogP contribution is -2.34. The zero-order chi connectivity index (χ0) is 16.0. The molecule has 2 N–H and O–H groups in total. The van der Waals surface area contributed by atoms with Gasteiger partial charge in [-0.2, -0.15) is 5.10 Å². The maximum atomic E-state index is 9.97. The predicted octanol–water partition coefficient (Wildman–Crippen LogP) is 1.63. The maximum absolute atomic E-state index is 9.97. The Morgan fingerprint density at radius 2 is 2.22 bits per heavy atom. The van der Waals surface area contributed by atoms with Gasteiger partial charge >= 0.3 is 7.12 Å². The largest absolute Gasteiger partial charge is 0.489 e. The van der Waals surface area contributed by atoms with Gasteiger partial charge in [0.1, 0.15) is 0 Å². The molecule has 1 aliphatic heterocycles. The zero-order valence-corrected chi connectivity index (χ0v) is 13.1. The average Bonchev–Trinajstić information content (AvgIpc) is 3.16. The number of fused-ring (bicyclic) bond motifs is 2. The summed E-state index contributed by atoms with van der Waals surface area (Å²) in [5.41, 5.74) is 3.71. The quantitative estimate of drug-likeness (QED) is 0.668. The molecule has 2 aliphatic rings. The Labute approximate surface area is 135 Å². The zero-order valence-electron chi connectivity index (χ0n) is 13.1. The van der Waals surface area contributed by atoms with Gasteiger partial charge in [0.2, 0.25) is 0 Å². The fraction of sp³-hybridized carbons (Fsp3) is 0.471. The number of benzene rings is 1. The topological polar surface area (TPSA) is 67.5 Å². The van der Waals surface area contributed by atoms with Crippen LogP contribution in [0.2, 0.25) is 0 Å². The third kappa shape index (κ3) is 2.33. The first-order chi connectivity index (χ1) is 11.2. The molecule has 1 aromatic carbocycles. The van der Waals surface area contributed by atoms with Crippen LogP contribution in [-0.4, -0.2) is 33.6 Å². The van der Waals surface area contributed by atoms with E-state index in [-0.39, 0.29) is 12.1 Å². The molecule has 1 fully saturated rings. The smallest absolute Gasteiger partial charge is 0.423 e. The van der Waals surface area contributed by atoms with Crippen LogP contribution in [0, 0.1) is 0 Å². The van der Waals surface area contributed by atoms with E-state index in [4.69, 9.17) is 4.74 Å². The van der Waals surface area contributed by atoms with Crippen molar-refractivity contribution in [1.29, 1.82) is 0 Å². The van der Waals surface area contributed by atoms with Gasteiger partial charge in [-0.25, -0.2) is 4.68 Å². The minimum atomic E-state index is -1.50. The third-order valence-corrected chi connectivity index (χ3v) is 5.14. The monoisotopic (exact) mass is 312 g/mol. The predicted molar refractivity (Wildman–Crippen MR) is 89.7 cm³/mol. The normalized spacial score (nSPS) is 23.9. The Morgan fingerprint density at radius 1 is 1.35 bits per heavy atom. The molecule has 1 aromatic heterocycles. The number of nitrogens with zero attached hydrogens (tertiary/aromatic N) is 2. The highest BCUT2D eigenvalue weighted by Gasteiger charge is 2.32. The SMILES string of the molecule is C=CC1CCc2cc3c(cnn3C3CCCCO3)c(B(O)O)c21. The van der Waals surface area contributed by atoms with Crippen molar-refractivity contribution in [2.24, 2.45) is 0 Å². The summed E-state index contributed by atoms with van der Waals surface area (Å²) in [6.07, 6.45) is 8.65. The van der Waals surface area contributed by atoms with Gasteiger partial charge in [0, 0.05) is 17.9 Å². The molecule has 4 rings (SSSR count). The third-order valence-electron chi connectivity index (χ3n) is 5.14. The summed E-state index contributed by atoms with van der Waals surface area (Å²) in [6.45, 7) is 4.65. The lowest BCUT2D eigenvalue weighted by Gasteiger charge is -2.24. The number of aromatic nitrogens is 2. The first kappa shape index (κ1) is 14.9. The van der Waals surface area contributed by atoms with E-state index in [1.807, 2.05) is 10.8 Å². The minimum Gasteiger partial charge on any atom is -0.423 e. The number of rotatable bonds is 3. The summed E-state index contributed by atoms with van der Waals surface area (Å²) >= 11 is 0. The van der Waals surface area contributed by atoms with E-state index in [9.17, 15) is 10.0 Å². The molecule has 2 unspecified atom stereocenters. The van der Waals surface area contributed by atoms with Gasteiger partial charge in [-0.1, -0.05) is 6.08 Å². The molecular formula is C17H21BN2O3. The Balaban J connectivity index is 1.91. The van der Waals surface area contributed by atoms with Gasteiger partial charge in [0.05, 0.1) is 11.7 Å². The Hall–Kier alpha value is -1.63. The second-order valence-electron chi connectivity index (χ2n) is 6.46. The van der Waals surface area contributed by atoms with E-state index in [1.165, 1.54) is 5.56 Å². The first-order valence-corrected chi connectivity index (χ1v) is 8.34. The maximum Gasteiger partial charge on any atom is 0.489 e. The number of allylic oxidation sites excluding steroid dienone is 1. The number of hydrogen-bond donors (Lipinski definition) is 2. The Bertz CT molecular complexity index is 750. The van der Waals surface area contributed by atoms with Crippen molar-refractivity contribution in [3.05, 3.63) is 36.0 Å². The van der Waals surface area contributed by atoms with Gasteiger partial charge in [0.15, 0.2) is 6.23 Å². The van der Waals surface area contributed by atoms with Crippen molar-refractivity contribution < 1.29 is 14.8 Å². The molecule has 0 spiro atoms. The van der Waals surface area contributed by atoms with Gasteiger partial charge in [-0.05, 0) is 54.8 Å². The highest BCUT2D eigenvalue weighted by Crippen LogP contribution is 2.36. The molecule has 2 aromatic rings. The summed E-state index contributed by atoms with van der Waals surface area (Å²) in [6, 6.07) is 2.14. The molecule has 0 saturated carbocycles. The highest BCUT2D eigenvalue weighted by atomic mass is 16.5. The molecule has 5 nitrogen and oxygen atoms in total. The Morgan fingerprint density at radius 3 is 2.91 bits per heavy atom. The molecule has 2 heterocycles. The fourth-order valence-corrected chi connectivity index (χ4v) is 4.04. The molecular weight excluding hydrogens is 291 g/mol. The number of ether oxygens (including phenoxy) is 1. The molecule has 1 aliphatic carbocycles. The molecule has 1 saturated heterocycles.